The van der Waals surface area contributed by atoms with Crippen molar-refractivity contribution in [3.63, 3.8) is 0 Å². The molecule has 7 heteroatoms. The predicted molar refractivity (Wildman–Crippen MR) is 56.9 cm³/mol. The summed E-state index contributed by atoms with van der Waals surface area (Å²) < 4.78 is 54.2. The second-order valence-electron chi connectivity index (χ2n) is 4.01. The van der Waals surface area contributed by atoms with Crippen molar-refractivity contribution in [3.8, 4) is 0 Å². The number of halogens is 4. The van der Waals surface area contributed by atoms with Gasteiger partial charge in [0.2, 0.25) is 0 Å². The number of carbonyl (C=O) groups is 1. The molecule has 0 aromatic carbocycles. The standard InChI is InChI=1S/C11H18F4O3/c1-2-3-4-5-6-7-8-18-11(14,15)10(12,13)9(16)17/h2-8H2,1H3,(H,16,17). The zero-order chi connectivity index (χ0) is 14.2. The zero-order valence-corrected chi connectivity index (χ0v) is 10.2. The van der Waals surface area contributed by atoms with Gasteiger partial charge in [0, 0.05) is 0 Å². The summed E-state index contributed by atoms with van der Waals surface area (Å²) in [5.41, 5.74) is 0. The van der Waals surface area contributed by atoms with Gasteiger partial charge >= 0.3 is 18.0 Å². The van der Waals surface area contributed by atoms with Crippen molar-refractivity contribution >= 4 is 5.97 Å². The smallest absolute Gasteiger partial charge is 0.431 e. The lowest BCUT2D eigenvalue weighted by Crippen LogP contribution is -2.49. The van der Waals surface area contributed by atoms with Gasteiger partial charge in [-0.05, 0) is 6.42 Å². The molecule has 0 unspecified atom stereocenters. The number of hydrogen-bond acceptors (Lipinski definition) is 2. The fourth-order valence-electron chi connectivity index (χ4n) is 1.30. The van der Waals surface area contributed by atoms with Crippen LogP contribution in [-0.2, 0) is 9.53 Å². The van der Waals surface area contributed by atoms with Crippen LogP contribution in [0, 0.1) is 0 Å². The van der Waals surface area contributed by atoms with Crippen molar-refractivity contribution in [1.29, 1.82) is 0 Å². The monoisotopic (exact) mass is 274 g/mol. The lowest BCUT2D eigenvalue weighted by atomic mass is 10.1. The quantitative estimate of drug-likeness (QED) is 0.488. The van der Waals surface area contributed by atoms with Gasteiger partial charge in [0.1, 0.15) is 0 Å². The van der Waals surface area contributed by atoms with Crippen LogP contribution in [0.2, 0.25) is 0 Å². The number of carboxylic acid groups (broad SMARTS) is 1. The van der Waals surface area contributed by atoms with E-state index in [4.69, 9.17) is 5.11 Å². The average molecular weight is 274 g/mol. The van der Waals surface area contributed by atoms with E-state index in [9.17, 15) is 22.4 Å². The van der Waals surface area contributed by atoms with Crippen molar-refractivity contribution < 1.29 is 32.2 Å². The van der Waals surface area contributed by atoms with E-state index in [0.717, 1.165) is 25.7 Å². The normalized spacial score (nSPS) is 12.7. The van der Waals surface area contributed by atoms with E-state index < -0.39 is 24.6 Å². The Hall–Kier alpha value is -0.850. The Morgan fingerprint density at radius 1 is 1.06 bits per heavy atom. The Morgan fingerprint density at radius 2 is 1.56 bits per heavy atom. The van der Waals surface area contributed by atoms with E-state index in [0.29, 0.717) is 6.42 Å². The highest BCUT2D eigenvalue weighted by Crippen LogP contribution is 2.35. The van der Waals surface area contributed by atoms with Crippen molar-refractivity contribution in [2.45, 2.75) is 57.5 Å². The third-order valence-corrected chi connectivity index (χ3v) is 2.42. The highest BCUT2D eigenvalue weighted by molar-refractivity contribution is 5.76. The van der Waals surface area contributed by atoms with Gasteiger partial charge in [-0.15, -0.1) is 0 Å². The van der Waals surface area contributed by atoms with E-state index in [1.807, 2.05) is 6.92 Å². The van der Waals surface area contributed by atoms with E-state index in [-0.39, 0.29) is 6.42 Å². The summed E-state index contributed by atoms with van der Waals surface area (Å²) in [4.78, 5) is 9.96. The van der Waals surface area contributed by atoms with E-state index in [1.165, 1.54) is 0 Å². The lowest BCUT2D eigenvalue weighted by molar-refractivity contribution is -0.338. The molecular formula is C11H18F4O3. The summed E-state index contributed by atoms with van der Waals surface area (Å²) in [6, 6.07) is 0. The van der Waals surface area contributed by atoms with Crippen LogP contribution in [0.15, 0.2) is 0 Å². The second-order valence-corrected chi connectivity index (χ2v) is 4.01. The van der Waals surface area contributed by atoms with Gasteiger partial charge in [-0.25, -0.2) is 4.79 Å². The van der Waals surface area contributed by atoms with Crippen LogP contribution in [0.5, 0.6) is 0 Å². The van der Waals surface area contributed by atoms with Crippen LogP contribution in [0.3, 0.4) is 0 Å². The molecule has 0 bridgehead atoms. The Kier molecular flexibility index (Phi) is 7.20. The highest BCUT2D eigenvalue weighted by atomic mass is 19.3. The Bertz CT molecular complexity index is 257. The average Bonchev–Trinajstić information content (AvgIpc) is 2.27. The summed E-state index contributed by atoms with van der Waals surface area (Å²) >= 11 is 0. The maximum absolute atomic E-state index is 12.7. The van der Waals surface area contributed by atoms with Crippen LogP contribution < -0.4 is 0 Å². The summed E-state index contributed by atoms with van der Waals surface area (Å²) in [6.45, 7) is 1.44. The first-order chi connectivity index (χ1) is 8.25. The van der Waals surface area contributed by atoms with Gasteiger partial charge in [-0.2, -0.15) is 17.6 Å². The number of carboxylic acids is 1. The molecule has 0 radical (unpaired) electrons. The maximum atomic E-state index is 12.7. The molecule has 0 heterocycles. The van der Waals surface area contributed by atoms with E-state index in [1.54, 1.807) is 0 Å². The molecule has 0 aromatic rings. The molecular weight excluding hydrogens is 256 g/mol. The number of hydrogen-bond donors (Lipinski definition) is 1. The molecule has 1 N–H and O–H groups in total. The Balaban J connectivity index is 3.88. The van der Waals surface area contributed by atoms with Crippen molar-refractivity contribution in [2.75, 3.05) is 6.61 Å². The zero-order valence-electron chi connectivity index (χ0n) is 10.2. The van der Waals surface area contributed by atoms with Gasteiger partial charge in [0.15, 0.2) is 0 Å². The van der Waals surface area contributed by atoms with Crippen molar-refractivity contribution in [3.05, 3.63) is 0 Å². The highest BCUT2D eigenvalue weighted by Gasteiger charge is 2.64. The van der Waals surface area contributed by atoms with Gasteiger partial charge in [0.05, 0.1) is 6.61 Å². The van der Waals surface area contributed by atoms with E-state index in [2.05, 4.69) is 4.74 Å². The molecule has 0 spiro atoms. The molecule has 0 fully saturated rings. The summed E-state index contributed by atoms with van der Waals surface area (Å²) in [7, 11) is 0. The molecule has 0 aliphatic heterocycles. The van der Waals surface area contributed by atoms with Gasteiger partial charge in [-0.3, -0.25) is 0 Å². The van der Waals surface area contributed by atoms with Crippen molar-refractivity contribution in [2.24, 2.45) is 0 Å². The van der Waals surface area contributed by atoms with Gasteiger partial charge in [0.25, 0.3) is 0 Å². The lowest BCUT2D eigenvalue weighted by Gasteiger charge is -2.22. The third-order valence-electron chi connectivity index (χ3n) is 2.42. The molecule has 0 saturated heterocycles. The SMILES string of the molecule is CCCCCCCCOC(F)(F)C(F)(F)C(=O)O. The molecule has 108 valence electrons. The summed E-state index contributed by atoms with van der Waals surface area (Å²) in [5.74, 6) is -8.09. The Labute approximate surface area is 103 Å². The topological polar surface area (TPSA) is 46.5 Å². The molecule has 0 rings (SSSR count). The minimum absolute atomic E-state index is 0.203. The van der Waals surface area contributed by atoms with Crippen LogP contribution in [0.25, 0.3) is 0 Å². The van der Waals surface area contributed by atoms with E-state index >= 15 is 0 Å². The largest absolute Gasteiger partial charge is 0.477 e. The number of aliphatic carboxylic acids is 1. The summed E-state index contributed by atoms with van der Waals surface area (Å²) in [5, 5.41) is 7.97. The first-order valence-electron chi connectivity index (χ1n) is 5.88. The fourth-order valence-corrected chi connectivity index (χ4v) is 1.30. The van der Waals surface area contributed by atoms with Crippen LogP contribution in [0.1, 0.15) is 45.4 Å². The van der Waals surface area contributed by atoms with Gasteiger partial charge < -0.3 is 9.84 Å². The minimum atomic E-state index is -5.20. The van der Waals surface area contributed by atoms with Crippen LogP contribution >= 0.6 is 0 Å². The second kappa shape index (κ2) is 7.56. The molecule has 3 nitrogen and oxygen atoms in total. The number of ether oxygens (including phenoxy) is 1. The molecule has 0 atom stereocenters. The number of alkyl halides is 4. The molecule has 0 aromatic heterocycles. The van der Waals surface area contributed by atoms with Crippen molar-refractivity contribution in [1.82, 2.24) is 0 Å². The predicted octanol–water partition coefficient (Wildman–Crippen LogP) is 3.68. The number of unbranched alkanes of at least 4 members (excludes halogenated alkanes) is 5. The molecule has 0 amide bonds. The first-order valence-corrected chi connectivity index (χ1v) is 5.88. The van der Waals surface area contributed by atoms with Crippen LogP contribution in [-0.4, -0.2) is 29.7 Å². The third kappa shape index (κ3) is 5.20. The van der Waals surface area contributed by atoms with Gasteiger partial charge in [-0.1, -0.05) is 39.0 Å². The maximum Gasteiger partial charge on any atom is 0.431 e. The molecule has 18 heavy (non-hydrogen) atoms. The molecule has 0 aliphatic carbocycles. The van der Waals surface area contributed by atoms with Crippen LogP contribution in [0.4, 0.5) is 17.6 Å². The number of rotatable bonds is 10. The minimum Gasteiger partial charge on any atom is -0.477 e. The Morgan fingerprint density at radius 3 is 2.06 bits per heavy atom. The summed E-state index contributed by atoms with van der Waals surface area (Å²) in [6.07, 6.45) is -0.324. The molecule has 0 saturated carbocycles. The fraction of sp³-hybridized carbons (Fsp3) is 0.909. The molecule has 0 aliphatic rings. The first kappa shape index (κ1) is 17.2.